The molecule has 32 heavy (non-hydrogen) atoms. The zero-order chi connectivity index (χ0) is 24.6. The lowest BCUT2D eigenvalue weighted by Crippen LogP contribution is -2.10. The Hall–Kier alpha value is -3.02. The minimum Gasteiger partial charge on any atom is -0.462 e. The number of rotatable bonds is 9. The highest BCUT2D eigenvalue weighted by atomic mass is 16.5. The monoisotopic (exact) mass is 430 g/mol. The van der Waals surface area contributed by atoms with E-state index in [2.05, 4.69) is 103 Å². The number of allylic oxidation sites excluding steroid dienone is 8. The molecule has 1 aromatic rings. The second-order valence-electron chi connectivity index (χ2n) is 8.46. The van der Waals surface area contributed by atoms with Gasteiger partial charge in [0.2, 0.25) is 0 Å². The Bertz CT molecular complexity index is 873. The second kappa shape index (κ2) is 15.7. The Morgan fingerprint density at radius 3 is 2.16 bits per heavy atom. The maximum Gasteiger partial charge on any atom is 0.126 e. The predicted molar refractivity (Wildman–Crippen MR) is 144 cm³/mol. The van der Waals surface area contributed by atoms with Crippen LogP contribution in [0.5, 0.6) is 0 Å². The van der Waals surface area contributed by atoms with Crippen molar-refractivity contribution in [2.24, 2.45) is 5.92 Å². The van der Waals surface area contributed by atoms with E-state index >= 15 is 0 Å². The molecule has 1 rings (SSSR count). The molecule has 0 aliphatic rings. The fourth-order valence-corrected chi connectivity index (χ4v) is 2.65. The third-order valence-electron chi connectivity index (χ3n) is 4.71. The summed E-state index contributed by atoms with van der Waals surface area (Å²) < 4.78 is 5.74. The van der Waals surface area contributed by atoms with Crippen LogP contribution < -0.4 is 0 Å². The molecule has 0 radical (unpaired) electrons. The Morgan fingerprint density at radius 2 is 1.69 bits per heavy atom. The second-order valence-corrected chi connectivity index (χ2v) is 8.46. The number of benzene rings is 1. The van der Waals surface area contributed by atoms with Crippen LogP contribution in [-0.4, -0.2) is 0 Å². The average molecular weight is 431 g/mol. The van der Waals surface area contributed by atoms with Gasteiger partial charge in [0, 0.05) is 11.5 Å². The van der Waals surface area contributed by atoms with E-state index in [-0.39, 0.29) is 11.3 Å². The van der Waals surface area contributed by atoms with Crippen molar-refractivity contribution in [1.29, 1.82) is 0 Å². The smallest absolute Gasteiger partial charge is 0.126 e. The number of ether oxygens (including phenoxy) is 1. The number of hydrogen-bond acceptors (Lipinski definition) is 1. The van der Waals surface area contributed by atoms with Crippen LogP contribution in [0.25, 0.3) is 5.76 Å². The van der Waals surface area contributed by atoms with Crippen molar-refractivity contribution in [1.82, 2.24) is 0 Å². The normalized spacial score (nSPS) is 12.4. The van der Waals surface area contributed by atoms with Gasteiger partial charge >= 0.3 is 0 Å². The van der Waals surface area contributed by atoms with Crippen molar-refractivity contribution >= 4 is 5.76 Å². The molecule has 0 saturated carbocycles. The van der Waals surface area contributed by atoms with Gasteiger partial charge in [0.15, 0.2) is 0 Å². The first-order valence-corrected chi connectivity index (χ1v) is 11.2. The summed E-state index contributed by atoms with van der Waals surface area (Å²) in [5.41, 5.74) is 6.74. The van der Waals surface area contributed by atoms with E-state index in [0.717, 1.165) is 12.0 Å². The van der Waals surface area contributed by atoms with Crippen molar-refractivity contribution in [3.05, 3.63) is 121 Å². The van der Waals surface area contributed by atoms with Gasteiger partial charge < -0.3 is 4.74 Å². The molecule has 0 bridgehead atoms. The van der Waals surface area contributed by atoms with E-state index in [0.29, 0.717) is 11.5 Å². The van der Waals surface area contributed by atoms with E-state index in [1.807, 2.05) is 32.1 Å². The maximum absolute atomic E-state index is 5.74. The van der Waals surface area contributed by atoms with Gasteiger partial charge in [-0.3, -0.25) is 0 Å². The van der Waals surface area contributed by atoms with Gasteiger partial charge in [-0.2, -0.15) is 0 Å². The van der Waals surface area contributed by atoms with Crippen molar-refractivity contribution in [2.75, 3.05) is 0 Å². The lowest BCUT2D eigenvalue weighted by molar-refractivity contribution is 0.346. The molecule has 0 saturated heterocycles. The van der Waals surface area contributed by atoms with E-state index in [1.54, 1.807) is 12.2 Å². The quantitative estimate of drug-likeness (QED) is 0.164. The summed E-state index contributed by atoms with van der Waals surface area (Å²) in [6.45, 7) is 26.3. The van der Waals surface area contributed by atoms with E-state index in [4.69, 9.17) is 4.74 Å². The van der Waals surface area contributed by atoms with Crippen LogP contribution in [0.3, 0.4) is 0 Å². The third-order valence-corrected chi connectivity index (χ3v) is 4.71. The third kappa shape index (κ3) is 12.0. The van der Waals surface area contributed by atoms with Crippen molar-refractivity contribution in [3.8, 4) is 0 Å². The first-order chi connectivity index (χ1) is 15.1. The Balaban J connectivity index is 0.000000687. The summed E-state index contributed by atoms with van der Waals surface area (Å²) in [5, 5.41) is 0. The highest BCUT2D eigenvalue weighted by Gasteiger charge is 2.14. The zero-order valence-electron chi connectivity index (χ0n) is 21.2. The molecule has 0 aliphatic carbocycles. The van der Waals surface area contributed by atoms with Crippen molar-refractivity contribution in [2.45, 2.75) is 60.3 Å². The molecule has 0 spiro atoms. The molecule has 1 aromatic carbocycles. The molecule has 0 amide bonds. The lowest BCUT2D eigenvalue weighted by atomic mass is 9.86. The van der Waals surface area contributed by atoms with Gasteiger partial charge in [0.1, 0.15) is 11.5 Å². The molecule has 0 fully saturated rings. The molecule has 1 atom stereocenters. The summed E-state index contributed by atoms with van der Waals surface area (Å²) in [6, 6.07) is 8.36. The Morgan fingerprint density at radius 1 is 1.06 bits per heavy atom. The summed E-state index contributed by atoms with van der Waals surface area (Å²) in [4.78, 5) is 0. The summed E-state index contributed by atoms with van der Waals surface area (Å²) in [6.07, 6.45) is 16.7. The van der Waals surface area contributed by atoms with Gasteiger partial charge in [-0.05, 0) is 49.0 Å². The molecule has 0 aromatic heterocycles. The van der Waals surface area contributed by atoms with E-state index < -0.39 is 0 Å². The van der Waals surface area contributed by atoms with Crippen LogP contribution in [0.1, 0.15) is 66.0 Å². The average Bonchev–Trinajstić information content (AvgIpc) is 2.76. The summed E-state index contributed by atoms with van der Waals surface area (Å²) in [5.74, 6) is 1.55. The highest BCUT2D eigenvalue weighted by Crippen LogP contribution is 2.26. The molecule has 0 N–H and O–H groups in total. The zero-order valence-corrected chi connectivity index (χ0v) is 21.2. The molecule has 1 heteroatoms. The fraction of sp³-hybridized carbons (Fsp3) is 0.323. The lowest BCUT2D eigenvalue weighted by Gasteiger charge is -2.20. The molecule has 0 aliphatic heterocycles. The Kier molecular flexibility index (Phi) is 14.2. The molecule has 0 heterocycles. The van der Waals surface area contributed by atoms with Gasteiger partial charge in [0.05, 0.1) is 0 Å². The largest absolute Gasteiger partial charge is 0.462 e. The fourth-order valence-electron chi connectivity index (χ4n) is 2.65. The van der Waals surface area contributed by atoms with Crippen LogP contribution in [-0.2, 0) is 10.2 Å². The SMILES string of the molecule is C=C(OC(=C)C(C)/C=C\C)c1ccc(C(C)(C)C)cc1.C=CC=C=C/C=C(/C=C/C)CC. The summed E-state index contributed by atoms with van der Waals surface area (Å²) >= 11 is 0. The first-order valence-electron chi connectivity index (χ1n) is 11.2. The van der Waals surface area contributed by atoms with Crippen LogP contribution in [0.15, 0.2) is 110 Å². The molecule has 1 unspecified atom stereocenters. The van der Waals surface area contributed by atoms with Crippen LogP contribution in [0.2, 0.25) is 0 Å². The molecular formula is C31H42O. The minimum atomic E-state index is 0.157. The predicted octanol–water partition coefficient (Wildman–Crippen LogP) is 9.49. The van der Waals surface area contributed by atoms with Crippen LogP contribution >= 0.6 is 0 Å². The standard InChI is InChI=1S/C19H26O.C12H16/c1-8-9-14(2)15(3)20-16(4)17-10-12-18(13-11-17)19(5,6)7;1-4-7-8-9-11-12(6-3)10-5-2/h8-14H,3-4H2,1-2,5-7H3;4-5,7,9-11H,1,6H2,2-3H3/b9-8-;10-5+,12-11+. The Labute approximate surface area is 197 Å². The van der Waals surface area contributed by atoms with E-state index in [1.165, 1.54) is 11.1 Å². The molecule has 172 valence electrons. The molecule has 1 nitrogen and oxygen atoms in total. The van der Waals surface area contributed by atoms with Crippen molar-refractivity contribution in [3.63, 3.8) is 0 Å². The maximum atomic E-state index is 5.74. The minimum absolute atomic E-state index is 0.157. The summed E-state index contributed by atoms with van der Waals surface area (Å²) in [7, 11) is 0. The first kappa shape index (κ1) is 29.0. The van der Waals surface area contributed by atoms with Crippen LogP contribution in [0.4, 0.5) is 0 Å². The topological polar surface area (TPSA) is 9.23 Å². The van der Waals surface area contributed by atoms with Gasteiger partial charge in [-0.1, -0.05) is 115 Å². The molecular weight excluding hydrogens is 388 g/mol. The van der Waals surface area contributed by atoms with Gasteiger partial charge in [-0.15, -0.1) is 5.73 Å². The van der Waals surface area contributed by atoms with Crippen molar-refractivity contribution < 1.29 is 4.74 Å². The van der Waals surface area contributed by atoms with Crippen LogP contribution in [0, 0.1) is 5.92 Å². The van der Waals surface area contributed by atoms with E-state index in [9.17, 15) is 0 Å². The van der Waals surface area contributed by atoms with Gasteiger partial charge in [-0.25, -0.2) is 0 Å². The number of hydrogen-bond donors (Lipinski definition) is 0. The highest BCUT2D eigenvalue weighted by molar-refractivity contribution is 5.58. The van der Waals surface area contributed by atoms with Gasteiger partial charge in [0.25, 0.3) is 0 Å².